The molecule has 3 aromatic rings. The number of hydrogen-bond acceptors (Lipinski definition) is 2. The summed E-state index contributed by atoms with van der Waals surface area (Å²) in [5, 5.41) is 11.3. The minimum absolute atomic E-state index is 0.185. The van der Waals surface area contributed by atoms with Gasteiger partial charge in [-0.15, -0.1) is 0 Å². The van der Waals surface area contributed by atoms with Gasteiger partial charge in [-0.05, 0) is 43.5 Å². The molecular formula is C23H28FN5. The van der Waals surface area contributed by atoms with Gasteiger partial charge in [-0.25, -0.2) is 4.39 Å². The third-order valence-corrected chi connectivity index (χ3v) is 5.05. The number of guanidine groups is 1. The molecule has 1 aromatic heterocycles. The molecule has 0 saturated carbocycles. The summed E-state index contributed by atoms with van der Waals surface area (Å²) in [5.74, 6) is 0.510. The van der Waals surface area contributed by atoms with Crippen LogP contribution < -0.4 is 10.6 Å². The Labute approximate surface area is 171 Å². The number of aryl methyl sites for hydroxylation is 2. The Kier molecular flexibility index (Phi) is 6.65. The second-order valence-electron chi connectivity index (χ2n) is 7.16. The molecule has 0 aliphatic carbocycles. The summed E-state index contributed by atoms with van der Waals surface area (Å²) in [4.78, 5) is 4.29. The summed E-state index contributed by atoms with van der Waals surface area (Å²) < 4.78 is 15.5. The van der Waals surface area contributed by atoms with E-state index in [1.165, 1.54) is 17.2 Å². The molecule has 0 spiro atoms. The van der Waals surface area contributed by atoms with Gasteiger partial charge < -0.3 is 10.6 Å². The normalized spacial score (nSPS) is 11.6. The molecule has 3 rings (SSSR count). The lowest BCUT2D eigenvalue weighted by Gasteiger charge is -2.13. The fraction of sp³-hybridized carbons (Fsp3) is 0.304. The van der Waals surface area contributed by atoms with E-state index in [2.05, 4.69) is 34.7 Å². The van der Waals surface area contributed by atoms with Crippen LogP contribution in [0, 0.1) is 26.6 Å². The van der Waals surface area contributed by atoms with Gasteiger partial charge in [-0.3, -0.25) is 9.67 Å². The average molecular weight is 394 g/mol. The molecule has 0 amide bonds. The Balaban J connectivity index is 1.61. The van der Waals surface area contributed by atoms with Crippen LogP contribution >= 0.6 is 0 Å². The maximum atomic E-state index is 13.4. The zero-order valence-electron chi connectivity index (χ0n) is 17.5. The van der Waals surface area contributed by atoms with Crippen molar-refractivity contribution in [2.45, 2.75) is 40.4 Å². The third-order valence-electron chi connectivity index (χ3n) is 5.05. The lowest BCUT2D eigenvalue weighted by atomic mass is 10.1. The number of halogens is 1. The lowest BCUT2D eigenvalue weighted by Crippen LogP contribution is -2.36. The molecule has 2 N–H and O–H groups in total. The molecule has 1 heterocycles. The summed E-state index contributed by atoms with van der Waals surface area (Å²) in [5.41, 5.74) is 6.20. The first kappa shape index (κ1) is 20.6. The van der Waals surface area contributed by atoms with Crippen molar-refractivity contribution in [3.63, 3.8) is 0 Å². The predicted molar refractivity (Wildman–Crippen MR) is 115 cm³/mol. The Morgan fingerprint density at radius 1 is 1.00 bits per heavy atom. The van der Waals surface area contributed by atoms with Crippen LogP contribution in [0.5, 0.6) is 0 Å². The highest BCUT2D eigenvalue weighted by molar-refractivity contribution is 5.79. The van der Waals surface area contributed by atoms with E-state index >= 15 is 0 Å². The topological polar surface area (TPSA) is 54.2 Å². The number of nitrogens with one attached hydrogen (secondary N) is 2. The first-order chi connectivity index (χ1) is 14.0. The van der Waals surface area contributed by atoms with Crippen molar-refractivity contribution in [1.82, 2.24) is 20.4 Å². The molecule has 0 atom stereocenters. The standard InChI is InChI=1S/C23H28FN5/c1-16-12-20(10-11-22(16)24)13-26-23(25-4)27-14-21-17(2)28-29(18(21)3)15-19-8-6-5-7-9-19/h5-12H,13-15H2,1-4H3,(H2,25,26,27). The van der Waals surface area contributed by atoms with E-state index in [0.717, 1.165) is 23.5 Å². The molecule has 0 saturated heterocycles. The number of benzene rings is 2. The molecule has 29 heavy (non-hydrogen) atoms. The van der Waals surface area contributed by atoms with Crippen LogP contribution in [0.2, 0.25) is 0 Å². The van der Waals surface area contributed by atoms with Crippen LogP contribution in [-0.4, -0.2) is 22.8 Å². The van der Waals surface area contributed by atoms with Gasteiger partial charge in [0.25, 0.3) is 0 Å². The monoisotopic (exact) mass is 393 g/mol. The minimum Gasteiger partial charge on any atom is -0.352 e. The Morgan fingerprint density at radius 2 is 1.72 bits per heavy atom. The summed E-state index contributed by atoms with van der Waals surface area (Å²) >= 11 is 0. The minimum atomic E-state index is -0.185. The quantitative estimate of drug-likeness (QED) is 0.494. The Morgan fingerprint density at radius 3 is 2.41 bits per heavy atom. The zero-order valence-corrected chi connectivity index (χ0v) is 17.5. The van der Waals surface area contributed by atoms with Crippen LogP contribution in [-0.2, 0) is 19.6 Å². The number of rotatable bonds is 6. The van der Waals surface area contributed by atoms with Crippen molar-refractivity contribution in [3.8, 4) is 0 Å². The van der Waals surface area contributed by atoms with Crippen LogP contribution in [0.15, 0.2) is 53.5 Å². The largest absolute Gasteiger partial charge is 0.352 e. The number of aliphatic imine (C=N–C) groups is 1. The second-order valence-corrected chi connectivity index (χ2v) is 7.16. The average Bonchev–Trinajstić information content (AvgIpc) is 2.98. The number of nitrogens with zero attached hydrogens (tertiary/aromatic N) is 3. The van der Waals surface area contributed by atoms with E-state index in [1.807, 2.05) is 35.9 Å². The van der Waals surface area contributed by atoms with Gasteiger partial charge in [0.15, 0.2) is 5.96 Å². The molecule has 5 nitrogen and oxygen atoms in total. The highest BCUT2D eigenvalue weighted by Crippen LogP contribution is 2.15. The van der Waals surface area contributed by atoms with Gasteiger partial charge in [0, 0.05) is 31.4 Å². The van der Waals surface area contributed by atoms with Crippen LogP contribution in [0.4, 0.5) is 4.39 Å². The smallest absolute Gasteiger partial charge is 0.191 e. The molecule has 6 heteroatoms. The van der Waals surface area contributed by atoms with E-state index in [9.17, 15) is 4.39 Å². The SMILES string of the molecule is CN=C(NCc1ccc(F)c(C)c1)NCc1c(C)nn(Cc2ccccc2)c1C. The predicted octanol–water partition coefficient (Wildman–Crippen LogP) is 3.86. The van der Waals surface area contributed by atoms with E-state index in [-0.39, 0.29) is 5.82 Å². The fourth-order valence-electron chi connectivity index (χ4n) is 3.30. The molecule has 0 fully saturated rings. The Bertz CT molecular complexity index is 992. The van der Waals surface area contributed by atoms with Crippen molar-refractivity contribution in [3.05, 3.63) is 88.0 Å². The van der Waals surface area contributed by atoms with E-state index in [1.54, 1.807) is 20.0 Å². The summed E-state index contributed by atoms with van der Waals surface area (Å²) in [7, 11) is 1.74. The van der Waals surface area contributed by atoms with E-state index < -0.39 is 0 Å². The van der Waals surface area contributed by atoms with Crippen molar-refractivity contribution in [2.75, 3.05) is 7.05 Å². The molecule has 0 bridgehead atoms. The molecule has 0 unspecified atom stereocenters. The maximum absolute atomic E-state index is 13.4. The van der Waals surface area contributed by atoms with Crippen LogP contribution in [0.3, 0.4) is 0 Å². The van der Waals surface area contributed by atoms with Crippen molar-refractivity contribution in [1.29, 1.82) is 0 Å². The van der Waals surface area contributed by atoms with Gasteiger partial charge in [0.05, 0.1) is 12.2 Å². The lowest BCUT2D eigenvalue weighted by molar-refractivity contribution is 0.617. The van der Waals surface area contributed by atoms with E-state index in [0.29, 0.717) is 24.6 Å². The molecule has 0 aliphatic heterocycles. The fourth-order valence-corrected chi connectivity index (χ4v) is 3.30. The van der Waals surface area contributed by atoms with Gasteiger partial charge in [0.1, 0.15) is 5.82 Å². The van der Waals surface area contributed by atoms with E-state index in [4.69, 9.17) is 5.10 Å². The Hall–Kier alpha value is -3.15. The molecule has 152 valence electrons. The van der Waals surface area contributed by atoms with Crippen LogP contribution in [0.1, 0.15) is 33.6 Å². The van der Waals surface area contributed by atoms with Gasteiger partial charge in [0.2, 0.25) is 0 Å². The second kappa shape index (κ2) is 9.37. The van der Waals surface area contributed by atoms with Gasteiger partial charge in [-0.2, -0.15) is 5.10 Å². The molecular weight excluding hydrogens is 365 g/mol. The van der Waals surface area contributed by atoms with Gasteiger partial charge in [-0.1, -0.05) is 42.5 Å². The highest BCUT2D eigenvalue weighted by Gasteiger charge is 2.12. The van der Waals surface area contributed by atoms with Crippen molar-refractivity contribution >= 4 is 5.96 Å². The molecule has 0 radical (unpaired) electrons. The zero-order chi connectivity index (χ0) is 20.8. The van der Waals surface area contributed by atoms with Crippen LogP contribution in [0.25, 0.3) is 0 Å². The molecule has 2 aromatic carbocycles. The number of hydrogen-bond donors (Lipinski definition) is 2. The third kappa shape index (κ3) is 5.22. The summed E-state index contributed by atoms with van der Waals surface area (Å²) in [6.07, 6.45) is 0. The highest BCUT2D eigenvalue weighted by atomic mass is 19.1. The van der Waals surface area contributed by atoms with Crippen molar-refractivity contribution < 1.29 is 4.39 Å². The van der Waals surface area contributed by atoms with Crippen molar-refractivity contribution in [2.24, 2.45) is 4.99 Å². The maximum Gasteiger partial charge on any atom is 0.191 e. The van der Waals surface area contributed by atoms with Gasteiger partial charge >= 0.3 is 0 Å². The molecule has 0 aliphatic rings. The summed E-state index contributed by atoms with van der Waals surface area (Å²) in [6, 6.07) is 15.4. The summed E-state index contributed by atoms with van der Waals surface area (Å²) in [6.45, 7) is 7.86. The first-order valence-corrected chi connectivity index (χ1v) is 9.74. The first-order valence-electron chi connectivity index (χ1n) is 9.74. The number of aromatic nitrogens is 2.